The van der Waals surface area contributed by atoms with Crippen LogP contribution in [0.5, 0.6) is 11.5 Å². The lowest BCUT2D eigenvalue weighted by atomic mass is 10.1. The van der Waals surface area contributed by atoms with Crippen molar-refractivity contribution in [2.24, 2.45) is 0 Å². The van der Waals surface area contributed by atoms with Gasteiger partial charge in [0.05, 0.1) is 19.8 Å². The molecule has 21 heavy (non-hydrogen) atoms. The van der Waals surface area contributed by atoms with Crippen molar-refractivity contribution in [3.8, 4) is 11.5 Å². The number of ether oxygens (including phenoxy) is 2. The molecule has 0 atom stereocenters. The molecule has 1 fully saturated rings. The number of nitrogens with one attached hydrogen (secondary N) is 1. The molecule has 1 aromatic carbocycles. The van der Waals surface area contributed by atoms with E-state index >= 15 is 0 Å². The monoisotopic (exact) mass is 300 g/mol. The third kappa shape index (κ3) is 4.04. The van der Waals surface area contributed by atoms with Gasteiger partial charge >= 0.3 is 0 Å². The summed E-state index contributed by atoms with van der Waals surface area (Å²) in [5.41, 5.74) is 0.744. The van der Waals surface area contributed by atoms with Crippen molar-refractivity contribution in [3.05, 3.63) is 23.3 Å². The van der Waals surface area contributed by atoms with Crippen LogP contribution in [0.4, 0.5) is 8.78 Å². The summed E-state index contributed by atoms with van der Waals surface area (Å²) in [4.78, 5) is 2.33. The summed E-state index contributed by atoms with van der Waals surface area (Å²) in [5.74, 6) is 0.490. The molecule has 0 spiro atoms. The van der Waals surface area contributed by atoms with E-state index in [-0.39, 0.29) is 11.3 Å². The predicted molar refractivity (Wildman–Crippen MR) is 77.5 cm³/mol. The summed E-state index contributed by atoms with van der Waals surface area (Å²) in [6.45, 7) is 4.81. The maximum absolute atomic E-state index is 13.2. The molecule has 0 radical (unpaired) electrons. The highest BCUT2D eigenvalue weighted by atomic mass is 19.3. The highest BCUT2D eigenvalue weighted by molar-refractivity contribution is 5.50. The van der Waals surface area contributed by atoms with Gasteiger partial charge in [0.2, 0.25) is 0 Å². The number of halogens is 2. The number of hydrogen-bond donors (Lipinski definition) is 1. The molecule has 1 aliphatic rings. The van der Waals surface area contributed by atoms with Crippen molar-refractivity contribution in [2.75, 3.05) is 46.9 Å². The molecule has 1 saturated heterocycles. The zero-order valence-corrected chi connectivity index (χ0v) is 12.5. The van der Waals surface area contributed by atoms with E-state index < -0.39 is 6.43 Å². The Labute approximate surface area is 124 Å². The molecule has 1 heterocycles. The van der Waals surface area contributed by atoms with Gasteiger partial charge in [0, 0.05) is 32.7 Å². The minimum atomic E-state index is -2.58. The molecule has 0 saturated carbocycles. The number of hydrogen-bond acceptors (Lipinski definition) is 4. The van der Waals surface area contributed by atoms with Gasteiger partial charge in [0.25, 0.3) is 6.43 Å². The zero-order chi connectivity index (χ0) is 15.2. The maximum atomic E-state index is 13.2. The first kappa shape index (κ1) is 16.0. The Balaban J connectivity index is 2.13. The normalized spacial score (nSPS) is 16.2. The van der Waals surface area contributed by atoms with E-state index in [1.807, 2.05) is 0 Å². The van der Waals surface area contributed by atoms with Gasteiger partial charge in [-0.2, -0.15) is 0 Å². The van der Waals surface area contributed by atoms with Crippen molar-refractivity contribution in [2.45, 2.75) is 12.8 Å². The van der Waals surface area contributed by atoms with Crippen LogP contribution in [-0.2, 0) is 6.42 Å². The lowest BCUT2D eigenvalue weighted by Crippen LogP contribution is -2.44. The molecule has 1 N–H and O–H groups in total. The van der Waals surface area contributed by atoms with Gasteiger partial charge in [-0.25, -0.2) is 8.78 Å². The predicted octanol–water partition coefficient (Wildman–Crippen LogP) is 2.09. The lowest BCUT2D eigenvalue weighted by molar-refractivity contribution is 0.146. The van der Waals surface area contributed by atoms with Crippen LogP contribution in [-0.4, -0.2) is 51.8 Å². The summed E-state index contributed by atoms with van der Waals surface area (Å²) >= 11 is 0. The Morgan fingerprint density at radius 2 is 1.90 bits per heavy atom. The molecule has 2 rings (SSSR count). The lowest BCUT2D eigenvalue weighted by Gasteiger charge is -2.27. The highest BCUT2D eigenvalue weighted by Crippen LogP contribution is 2.38. The van der Waals surface area contributed by atoms with E-state index in [9.17, 15) is 8.78 Å². The molecule has 1 aliphatic heterocycles. The topological polar surface area (TPSA) is 33.7 Å². The van der Waals surface area contributed by atoms with E-state index in [0.717, 1.165) is 44.7 Å². The SMILES string of the molecule is COc1cc(CCN2CCNCC2)cc(C(F)F)c1OC. The molecular weight excluding hydrogens is 278 g/mol. The van der Waals surface area contributed by atoms with Crippen LogP contribution in [0.25, 0.3) is 0 Å². The molecule has 0 aromatic heterocycles. The van der Waals surface area contributed by atoms with Crippen LogP contribution in [0.1, 0.15) is 17.6 Å². The van der Waals surface area contributed by atoms with Crippen molar-refractivity contribution in [3.63, 3.8) is 0 Å². The van der Waals surface area contributed by atoms with Crippen molar-refractivity contribution in [1.29, 1.82) is 0 Å². The molecule has 118 valence electrons. The Morgan fingerprint density at radius 3 is 2.48 bits per heavy atom. The van der Waals surface area contributed by atoms with Gasteiger partial charge in [-0.05, 0) is 24.1 Å². The molecule has 1 aromatic rings. The van der Waals surface area contributed by atoms with Crippen molar-refractivity contribution >= 4 is 0 Å². The fourth-order valence-electron chi connectivity index (χ4n) is 2.58. The number of nitrogens with zero attached hydrogens (tertiary/aromatic N) is 1. The molecule has 0 unspecified atom stereocenters. The van der Waals surface area contributed by atoms with Crippen LogP contribution in [0, 0.1) is 0 Å². The summed E-state index contributed by atoms with van der Waals surface area (Å²) in [6, 6.07) is 3.31. The molecule has 0 bridgehead atoms. The first-order valence-electron chi connectivity index (χ1n) is 7.11. The van der Waals surface area contributed by atoms with Crippen LogP contribution < -0.4 is 14.8 Å². The minimum absolute atomic E-state index is 0.104. The van der Waals surface area contributed by atoms with Gasteiger partial charge in [0.1, 0.15) is 0 Å². The third-order valence-corrected chi connectivity index (χ3v) is 3.73. The van der Waals surface area contributed by atoms with Crippen molar-refractivity contribution in [1.82, 2.24) is 10.2 Å². The summed E-state index contributed by atoms with van der Waals surface area (Å²) < 4.78 is 36.5. The van der Waals surface area contributed by atoms with Crippen LogP contribution in [0.2, 0.25) is 0 Å². The minimum Gasteiger partial charge on any atom is -0.493 e. The molecule has 4 nitrogen and oxygen atoms in total. The number of piperazine rings is 1. The second-order valence-corrected chi connectivity index (χ2v) is 5.06. The Kier molecular flexibility index (Phi) is 5.76. The van der Waals surface area contributed by atoms with E-state index in [0.29, 0.717) is 5.75 Å². The average Bonchev–Trinajstić information content (AvgIpc) is 2.52. The Hall–Kier alpha value is -1.40. The van der Waals surface area contributed by atoms with Crippen LogP contribution in [0.15, 0.2) is 12.1 Å². The van der Waals surface area contributed by atoms with Crippen LogP contribution in [0.3, 0.4) is 0 Å². The highest BCUT2D eigenvalue weighted by Gasteiger charge is 2.20. The van der Waals surface area contributed by atoms with E-state index in [1.54, 1.807) is 6.07 Å². The number of alkyl halides is 2. The molecule has 6 heteroatoms. The van der Waals surface area contributed by atoms with E-state index in [2.05, 4.69) is 10.2 Å². The Morgan fingerprint density at radius 1 is 1.19 bits per heavy atom. The average molecular weight is 300 g/mol. The van der Waals surface area contributed by atoms with Gasteiger partial charge in [-0.3, -0.25) is 0 Å². The summed E-state index contributed by atoms with van der Waals surface area (Å²) in [7, 11) is 2.84. The molecular formula is C15H22F2N2O2. The van der Waals surface area contributed by atoms with Gasteiger partial charge in [0.15, 0.2) is 11.5 Å². The Bertz CT molecular complexity index is 463. The maximum Gasteiger partial charge on any atom is 0.267 e. The third-order valence-electron chi connectivity index (χ3n) is 3.73. The smallest absolute Gasteiger partial charge is 0.267 e. The summed E-state index contributed by atoms with van der Waals surface area (Å²) in [6.07, 6.45) is -1.85. The molecule has 0 amide bonds. The zero-order valence-electron chi connectivity index (χ0n) is 12.5. The van der Waals surface area contributed by atoms with Crippen LogP contribution >= 0.6 is 0 Å². The second kappa shape index (κ2) is 7.56. The standard InChI is InChI=1S/C15H22F2N2O2/c1-20-13-10-11(3-6-19-7-4-18-5-8-19)9-12(15(16)17)14(13)21-2/h9-10,15,18H,3-8H2,1-2H3. The quantitative estimate of drug-likeness (QED) is 0.872. The fraction of sp³-hybridized carbons (Fsp3) is 0.600. The fourth-order valence-corrected chi connectivity index (χ4v) is 2.58. The summed E-state index contributed by atoms with van der Waals surface area (Å²) in [5, 5.41) is 3.29. The number of benzene rings is 1. The second-order valence-electron chi connectivity index (χ2n) is 5.06. The van der Waals surface area contributed by atoms with Gasteiger partial charge < -0.3 is 19.7 Å². The van der Waals surface area contributed by atoms with Gasteiger partial charge in [-0.1, -0.05) is 0 Å². The largest absolute Gasteiger partial charge is 0.493 e. The van der Waals surface area contributed by atoms with E-state index in [1.165, 1.54) is 20.3 Å². The first-order chi connectivity index (χ1) is 10.2. The van der Waals surface area contributed by atoms with Gasteiger partial charge in [-0.15, -0.1) is 0 Å². The van der Waals surface area contributed by atoms with Crippen molar-refractivity contribution < 1.29 is 18.3 Å². The number of rotatable bonds is 6. The molecule has 0 aliphatic carbocycles. The first-order valence-corrected chi connectivity index (χ1v) is 7.11. The van der Waals surface area contributed by atoms with E-state index in [4.69, 9.17) is 9.47 Å². The number of methoxy groups -OCH3 is 2.